The highest BCUT2D eigenvalue weighted by Crippen LogP contribution is 2.37. The first-order chi connectivity index (χ1) is 9.65. The first kappa shape index (κ1) is 14.0. The van der Waals surface area contributed by atoms with Crippen LogP contribution in [0.15, 0.2) is 24.3 Å². The number of fused-ring (bicyclic) bond motifs is 1. The number of benzene rings is 1. The Morgan fingerprint density at radius 1 is 1.35 bits per heavy atom. The molecule has 3 nitrogen and oxygen atoms in total. The van der Waals surface area contributed by atoms with Crippen LogP contribution < -0.4 is 14.8 Å². The van der Waals surface area contributed by atoms with Crippen molar-refractivity contribution in [2.24, 2.45) is 0 Å². The summed E-state index contributed by atoms with van der Waals surface area (Å²) in [5.74, 6) is 1.62. The number of thiophene rings is 1. The molecule has 1 aromatic carbocycles. The van der Waals surface area contributed by atoms with Crippen LogP contribution in [0.2, 0.25) is 8.67 Å². The summed E-state index contributed by atoms with van der Waals surface area (Å²) in [6.07, 6.45) is 0. The predicted molar refractivity (Wildman–Crippen MR) is 82.2 cm³/mol. The number of ether oxygens (including phenoxy) is 2. The zero-order valence-electron chi connectivity index (χ0n) is 10.8. The van der Waals surface area contributed by atoms with E-state index in [-0.39, 0.29) is 12.8 Å². The summed E-state index contributed by atoms with van der Waals surface area (Å²) in [5.41, 5.74) is 2.09. The summed E-state index contributed by atoms with van der Waals surface area (Å²) in [6.45, 7) is 3.02. The van der Waals surface area contributed by atoms with Gasteiger partial charge in [-0.05, 0) is 24.6 Å². The molecule has 2 aromatic rings. The Bertz CT molecular complexity index is 630. The number of para-hydroxylation sites is 1. The maximum absolute atomic E-state index is 6.16. The molecule has 1 N–H and O–H groups in total. The van der Waals surface area contributed by atoms with E-state index in [1.807, 2.05) is 24.3 Å². The van der Waals surface area contributed by atoms with Gasteiger partial charge in [-0.2, -0.15) is 0 Å². The summed E-state index contributed by atoms with van der Waals surface area (Å²) in [7, 11) is 0. The topological polar surface area (TPSA) is 30.5 Å². The number of nitrogens with one attached hydrogen (secondary N) is 1. The minimum Gasteiger partial charge on any atom is -0.454 e. The van der Waals surface area contributed by atoms with Crippen molar-refractivity contribution in [3.63, 3.8) is 0 Å². The third-order valence-corrected chi connectivity index (χ3v) is 4.74. The van der Waals surface area contributed by atoms with Crippen molar-refractivity contribution in [2.75, 3.05) is 6.79 Å². The third-order valence-electron chi connectivity index (χ3n) is 3.23. The molecule has 0 saturated heterocycles. The molecule has 0 fully saturated rings. The summed E-state index contributed by atoms with van der Waals surface area (Å²) in [4.78, 5) is 0. The first-order valence-electron chi connectivity index (χ1n) is 6.20. The fourth-order valence-corrected chi connectivity index (χ4v) is 3.80. The second-order valence-electron chi connectivity index (χ2n) is 4.53. The standard InChI is InChI=1S/C14H13Cl2NO2S/c1-8(10-5-12(15)20-14(10)16)17-6-9-3-2-4-11-13(9)19-7-18-11/h2-5,8,17H,6-7H2,1H3. The molecule has 1 atom stereocenters. The van der Waals surface area contributed by atoms with Crippen LogP contribution >= 0.6 is 34.5 Å². The van der Waals surface area contributed by atoms with Crippen LogP contribution in [0.5, 0.6) is 11.5 Å². The van der Waals surface area contributed by atoms with Crippen LogP contribution in [0.4, 0.5) is 0 Å². The molecule has 0 radical (unpaired) electrons. The van der Waals surface area contributed by atoms with Gasteiger partial charge in [-0.25, -0.2) is 0 Å². The van der Waals surface area contributed by atoms with Gasteiger partial charge in [0.1, 0.15) is 0 Å². The molecule has 3 rings (SSSR count). The highest BCUT2D eigenvalue weighted by molar-refractivity contribution is 7.20. The summed E-state index contributed by atoms with van der Waals surface area (Å²) in [6, 6.07) is 7.91. The fourth-order valence-electron chi connectivity index (χ4n) is 2.15. The van der Waals surface area contributed by atoms with Gasteiger partial charge in [-0.3, -0.25) is 0 Å². The molecule has 0 bridgehead atoms. The Labute approximate surface area is 131 Å². The van der Waals surface area contributed by atoms with Crippen LogP contribution in [0.3, 0.4) is 0 Å². The van der Waals surface area contributed by atoms with Crippen molar-refractivity contribution in [3.05, 3.63) is 44.1 Å². The number of hydrogen-bond acceptors (Lipinski definition) is 4. The van der Waals surface area contributed by atoms with Gasteiger partial charge < -0.3 is 14.8 Å². The molecule has 20 heavy (non-hydrogen) atoms. The van der Waals surface area contributed by atoms with Crippen molar-refractivity contribution in [1.29, 1.82) is 0 Å². The van der Waals surface area contributed by atoms with E-state index in [2.05, 4.69) is 12.2 Å². The minimum absolute atomic E-state index is 0.115. The highest BCUT2D eigenvalue weighted by Gasteiger charge is 2.18. The Morgan fingerprint density at radius 2 is 2.20 bits per heavy atom. The normalized spacial score (nSPS) is 14.6. The highest BCUT2D eigenvalue weighted by atomic mass is 35.5. The zero-order valence-corrected chi connectivity index (χ0v) is 13.1. The lowest BCUT2D eigenvalue weighted by Crippen LogP contribution is -2.18. The average molecular weight is 330 g/mol. The third kappa shape index (κ3) is 2.74. The summed E-state index contributed by atoms with van der Waals surface area (Å²) in [5, 5.41) is 3.43. The molecular weight excluding hydrogens is 317 g/mol. The van der Waals surface area contributed by atoms with Crippen molar-refractivity contribution in [2.45, 2.75) is 19.5 Å². The molecule has 0 amide bonds. The van der Waals surface area contributed by atoms with Crippen LogP contribution in [-0.2, 0) is 6.54 Å². The van der Waals surface area contributed by atoms with Crippen LogP contribution in [0, 0.1) is 0 Å². The SMILES string of the molecule is CC(NCc1cccc2c1OCO2)c1cc(Cl)sc1Cl. The van der Waals surface area contributed by atoms with Crippen LogP contribution in [0.1, 0.15) is 24.1 Å². The van der Waals surface area contributed by atoms with E-state index in [1.165, 1.54) is 11.3 Å². The van der Waals surface area contributed by atoms with E-state index in [4.69, 9.17) is 32.7 Å². The van der Waals surface area contributed by atoms with Gasteiger partial charge in [0.2, 0.25) is 6.79 Å². The van der Waals surface area contributed by atoms with E-state index in [0.29, 0.717) is 10.9 Å². The van der Waals surface area contributed by atoms with Gasteiger partial charge in [0.15, 0.2) is 11.5 Å². The van der Waals surface area contributed by atoms with Gasteiger partial charge in [-0.15, -0.1) is 11.3 Å². The fraction of sp³-hybridized carbons (Fsp3) is 0.286. The van der Waals surface area contributed by atoms with Gasteiger partial charge >= 0.3 is 0 Å². The first-order valence-corrected chi connectivity index (χ1v) is 7.78. The van der Waals surface area contributed by atoms with Gasteiger partial charge in [-0.1, -0.05) is 35.3 Å². The lowest BCUT2D eigenvalue weighted by molar-refractivity contribution is 0.173. The van der Waals surface area contributed by atoms with Crippen LogP contribution in [0.25, 0.3) is 0 Å². The monoisotopic (exact) mass is 329 g/mol. The average Bonchev–Trinajstić information content (AvgIpc) is 3.02. The molecule has 0 saturated carbocycles. The lowest BCUT2D eigenvalue weighted by Gasteiger charge is -2.14. The van der Waals surface area contributed by atoms with Crippen molar-refractivity contribution < 1.29 is 9.47 Å². The molecule has 106 valence electrons. The largest absolute Gasteiger partial charge is 0.454 e. The van der Waals surface area contributed by atoms with Gasteiger partial charge in [0, 0.05) is 18.2 Å². The van der Waals surface area contributed by atoms with E-state index >= 15 is 0 Å². The zero-order chi connectivity index (χ0) is 14.1. The molecule has 1 unspecified atom stereocenters. The molecular formula is C14H13Cl2NO2S. The number of rotatable bonds is 4. The lowest BCUT2D eigenvalue weighted by atomic mass is 10.1. The minimum atomic E-state index is 0.115. The summed E-state index contributed by atoms with van der Waals surface area (Å²) < 4.78 is 12.3. The Balaban J connectivity index is 1.71. The Morgan fingerprint density at radius 3 is 2.95 bits per heavy atom. The van der Waals surface area contributed by atoms with Crippen molar-refractivity contribution in [3.8, 4) is 11.5 Å². The van der Waals surface area contributed by atoms with Gasteiger partial charge in [0.05, 0.1) is 8.67 Å². The molecule has 1 aliphatic heterocycles. The van der Waals surface area contributed by atoms with E-state index in [1.54, 1.807) is 0 Å². The van der Waals surface area contributed by atoms with E-state index in [9.17, 15) is 0 Å². The second-order valence-corrected chi connectivity index (χ2v) is 6.82. The molecule has 0 spiro atoms. The molecule has 2 heterocycles. The number of hydrogen-bond donors (Lipinski definition) is 1. The summed E-state index contributed by atoms with van der Waals surface area (Å²) >= 11 is 13.5. The van der Waals surface area contributed by atoms with Gasteiger partial charge in [0.25, 0.3) is 0 Å². The maximum Gasteiger partial charge on any atom is 0.231 e. The quantitative estimate of drug-likeness (QED) is 0.886. The smallest absolute Gasteiger partial charge is 0.231 e. The molecule has 6 heteroatoms. The Hall–Kier alpha value is -0.940. The molecule has 0 aliphatic carbocycles. The second kappa shape index (κ2) is 5.82. The van der Waals surface area contributed by atoms with Crippen molar-refractivity contribution >= 4 is 34.5 Å². The molecule has 1 aliphatic rings. The Kier molecular flexibility index (Phi) is 4.08. The van der Waals surface area contributed by atoms with E-state index in [0.717, 1.165) is 27.0 Å². The van der Waals surface area contributed by atoms with Crippen LogP contribution in [-0.4, -0.2) is 6.79 Å². The molecule has 1 aromatic heterocycles. The predicted octanol–water partition coefficient (Wildman–Crippen LogP) is 4.63. The number of halogens is 2. The maximum atomic E-state index is 6.16. The van der Waals surface area contributed by atoms with Crippen molar-refractivity contribution in [1.82, 2.24) is 5.32 Å². The van der Waals surface area contributed by atoms with E-state index < -0.39 is 0 Å².